The molecule has 0 aliphatic rings. The third-order valence-corrected chi connectivity index (χ3v) is 12.9. The van der Waals surface area contributed by atoms with Crippen molar-refractivity contribution in [1.82, 2.24) is 0 Å². The average Bonchev–Trinajstić information content (AvgIpc) is 3.31. The normalized spacial score (nSPS) is 12.2. The number of rotatable bonds is 53. The maximum absolute atomic E-state index is 12.8. The first-order valence-corrected chi connectivity index (χ1v) is 29.0. The summed E-state index contributed by atoms with van der Waals surface area (Å²) in [4.78, 5) is 37.9. The Hall–Kier alpha value is -2.37. The van der Waals surface area contributed by atoms with Crippen LogP contribution in [0.15, 0.2) is 36.5 Å². The summed E-state index contributed by atoms with van der Waals surface area (Å²) in [6.07, 6.45) is 66.1. The summed E-state index contributed by atoms with van der Waals surface area (Å²) >= 11 is 0. The highest BCUT2D eigenvalue weighted by molar-refractivity contribution is 5.71. The Labute approximate surface area is 410 Å². The van der Waals surface area contributed by atoms with Crippen LogP contribution in [0.2, 0.25) is 0 Å². The standard InChI is InChI=1S/C60H110O6/c1-4-7-10-13-16-19-21-23-24-25-26-27-28-29-30-31-32-33-34-35-36-38-39-41-44-47-50-53-59(62)65-56-57(55-64-58(61)52-49-46-43-18-15-12-9-6-3)66-60(63)54-51-48-45-42-40-37-22-20-17-14-11-8-5-2/h8,11,17,20,37,40,57H,4-7,9-10,12-16,18-19,21-36,38-39,41-56H2,1-3H3/b11-8-,20-17-,40-37-. The van der Waals surface area contributed by atoms with E-state index >= 15 is 0 Å². The lowest BCUT2D eigenvalue weighted by molar-refractivity contribution is -0.167. The van der Waals surface area contributed by atoms with E-state index in [9.17, 15) is 14.4 Å². The van der Waals surface area contributed by atoms with Gasteiger partial charge in [0.2, 0.25) is 0 Å². The highest BCUT2D eigenvalue weighted by Crippen LogP contribution is 2.17. The molecule has 0 N–H and O–H groups in total. The molecular formula is C60H110O6. The minimum atomic E-state index is -0.781. The summed E-state index contributed by atoms with van der Waals surface area (Å²) in [6, 6.07) is 0. The first kappa shape index (κ1) is 63.6. The zero-order valence-corrected chi connectivity index (χ0v) is 44.2. The molecule has 66 heavy (non-hydrogen) atoms. The molecule has 0 spiro atoms. The molecule has 0 aromatic heterocycles. The third-order valence-electron chi connectivity index (χ3n) is 12.9. The van der Waals surface area contributed by atoms with Gasteiger partial charge in [0.25, 0.3) is 0 Å². The van der Waals surface area contributed by atoms with Crippen LogP contribution in [0.25, 0.3) is 0 Å². The van der Waals surface area contributed by atoms with Gasteiger partial charge < -0.3 is 14.2 Å². The van der Waals surface area contributed by atoms with Gasteiger partial charge in [0.05, 0.1) is 0 Å². The second-order valence-electron chi connectivity index (χ2n) is 19.5. The van der Waals surface area contributed by atoms with Crippen LogP contribution in [-0.2, 0) is 28.6 Å². The number of carbonyl (C=O) groups excluding carboxylic acids is 3. The molecule has 0 aliphatic heterocycles. The first-order chi connectivity index (χ1) is 32.5. The van der Waals surface area contributed by atoms with E-state index in [4.69, 9.17) is 14.2 Å². The van der Waals surface area contributed by atoms with Crippen molar-refractivity contribution in [3.05, 3.63) is 36.5 Å². The van der Waals surface area contributed by atoms with Crippen molar-refractivity contribution in [2.75, 3.05) is 13.2 Å². The molecule has 0 saturated carbocycles. The van der Waals surface area contributed by atoms with Crippen LogP contribution in [0.5, 0.6) is 0 Å². The minimum Gasteiger partial charge on any atom is -0.462 e. The van der Waals surface area contributed by atoms with Crippen LogP contribution in [-0.4, -0.2) is 37.2 Å². The smallest absolute Gasteiger partial charge is 0.306 e. The summed E-state index contributed by atoms with van der Waals surface area (Å²) < 4.78 is 16.8. The number of esters is 3. The summed E-state index contributed by atoms with van der Waals surface area (Å²) in [5, 5.41) is 0. The molecule has 0 fully saturated rings. The molecule has 6 nitrogen and oxygen atoms in total. The van der Waals surface area contributed by atoms with Crippen LogP contribution >= 0.6 is 0 Å². The SMILES string of the molecule is CC/C=C\C/C=C\C/C=C\CCCCCC(=O)OC(COC(=O)CCCCCCCCCC)COC(=O)CCCCCCCCCCCCCCCCCCCCCCCCCCCCC. The van der Waals surface area contributed by atoms with Crippen molar-refractivity contribution in [3.63, 3.8) is 0 Å². The van der Waals surface area contributed by atoms with E-state index in [-0.39, 0.29) is 31.1 Å². The van der Waals surface area contributed by atoms with Gasteiger partial charge in [0, 0.05) is 19.3 Å². The largest absolute Gasteiger partial charge is 0.462 e. The number of hydrogen-bond donors (Lipinski definition) is 0. The molecule has 0 bridgehead atoms. The van der Waals surface area contributed by atoms with Crippen LogP contribution < -0.4 is 0 Å². The van der Waals surface area contributed by atoms with E-state index in [1.807, 2.05) is 0 Å². The van der Waals surface area contributed by atoms with Crippen LogP contribution in [0.4, 0.5) is 0 Å². The van der Waals surface area contributed by atoms with E-state index in [2.05, 4.69) is 57.2 Å². The number of hydrogen-bond acceptors (Lipinski definition) is 6. The fourth-order valence-corrected chi connectivity index (χ4v) is 8.58. The minimum absolute atomic E-state index is 0.0801. The van der Waals surface area contributed by atoms with Gasteiger partial charge in [0.1, 0.15) is 13.2 Å². The van der Waals surface area contributed by atoms with Gasteiger partial charge in [-0.2, -0.15) is 0 Å². The highest BCUT2D eigenvalue weighted by atomic mass is 16.6. The lowest BCUT2D eigenvalue weighted by Crippen LogP contribution is -2.30. The second kappa shape index (κ2) is 55.2. The lowest BCUT2D eigenvalue weighted by Gasteiger charge is -2.18. The average molecular weight is 928 g/mol. The van der Waals surface area contributed by atoms with Crippen LogP contribution in [0, 0.1) is 0 Å². The van der Waals surface area contributed by atoms with Crippen LogP contribution in [0.3, 0.4) is 0 Å². The molecule has 0 amide bonds. The molecule has 1 unspecified atom stereocenters. The highest BCUT2D eigenvalue weighted by Gasteiger charge is 2.19. The molecule has 0 radical (unpaired) electrons. The lowest BCUT2D eigenvalue weighted by atomic mass is 10.0. The molecule has 1 atom stereocenters. The summed E-state index contributed by atoms with van der Waals surface area (Å²) in [5.41, 5.74) is 0. The Morgan fingerprint density at radius 3 is 0.924 bits per heavy atom. The van der Waals surface area contributed by atoms with E-state index in [0.717, 1.165) is 83.5 Å². The Kier molecular flexibility index (Phi) is 53.2. The zero-order valence-electron chi connectivity index (χ0n) is 44.2. The van der Waals surface area contributed by atoms with Crippen LogP contribution in [0.1, 0.15) is 310 Å². The van der Waals surface area contributed by atoms with Gasteiger partial charge in [-0.1, -0.05) is 276 Å². The molecule has 0 heterocycles. The molecule has 386 valence electrons. The summed E-state index contributed by atoms with van der Waals surface area (Å²) in [5.74, 6) is -0.901. The topological polar surface area (TPSA) is 78.9 Å². The number of carbonyl (C=O) groups is 3. The van der Waals surface area contributed by atoms with E-state index in [1.54, 1.807) is 0 Å². The monoisotopic (exact) mass is 927 g/mol. The van der Waals surface area contributed by atoms with E-state index in [0.29, 0.717) is 19.3 Å². The van der Waals surface area contributed by atoms with Crippen molar-refractivity contribution < 1.29 is 28.6 Å². The Morgan fingerprint density at radius 2 is 0.591 bits per heavy atom. The second-order valence-corrected chi connectivity index (χ2v) is 19.5. The molecule has 0 aromatic carbocycles. The van der Waals surface area contributed by atoms with Crippen molar-refractivity contribution in [1.29, 1.82) is 0 Å². The number of allylic oxidation sites excluding steroid dienone is 6. The van der Waals surface area contributed by atoms with E-state index < -0.39 is 6.10 Å². The Balaban J connectivity index is 4.07. The Morgan fingerprint density at radius 1 is 0.318 bits per heavy atom. The predicted molar refractivity (Wildman–Crippen MR) is 284 cm³/mol. The van der Waals surface area contributed by atoms with Gasteiger partial charge in [0.15, 0.2) is 6.10 Å². The molecule has 0 rings (SSSR count). The summed E-state index contributed by atoms with van der Waals surface area (Å²) in [6.45, 7) is 6.51. The molecule has 0 aromatic rings. The third kappa shape index (κ3) is 52.6. The van der Waals surface area contributed by atoms with Gasteiger partial charge in [-0.05, 0) is 51.4 Å². The fourth-order valence-electron chi connectivity index (χ4n) is 8.58. The van der Waals surface area contributed by atoms with Crippen molar-refractivity contribution in [2.24, 2.45) is 0 Å². The molecular weight excluding hydrogens is 817 g/mol. The van der Waals surface area contributed by atoms with E-state index in [1.165, 1.54) is 186 Å². The fraction of sp³-hybridized carbons (Fsp3) is 0.850. The van der Waals surface area contributed by atoms with Gasteiger partial charge >= 0.3 is 17.9 Å². The molecule has 6 heteroatoms. The van der Waals surface area contributed by atoms with Crippen molar-refractivity contribution in [3.8, 4) is 0 Å². The molecule has 0 saturated heterocycles. The maximum atomic E-state index is 12.8. The number of unbranched alkanes of at least 4 members (excludes halogenated alkanes) is 36. The van der Waals surface area contributed by atoms with Gasteiger partial charge in [-0.25, -0.2) is 0 Å². The quantitative estimate of drug-likeness (QED) is 0.0262. The number of ether oxygens (including phenoxy) is 3. The first-order valence-electron chi connectivity index (χ1n) is 29.0. The molecule has 0 aliphatic carbocycles. The predicted octanol–water partition coefficient (Wildman–Crippen LogP) is 19.3. The zero-order chi connectivity index (χ0) is 47.9. The van der Waals surface area contributed by atoms with Gasteiger partial charge in [-0.15, -0.1) is 0 Å². The Bertz CT molecular complexity index is 1110. The summed E-state index contributed by atoms with van der Waals surface area (Å²) in [7, 11) is 0. The van der Waals surface area contributed by atoms with Crippen molar-refractivity contribution >= 4 is 17.9 Å². The van der Waals surface area contributed by atoms with Gasteiger partial charge in [-0.3, -0.25) is 14.4 Å². The maximum Gasteiger partial charge on any atom is 0.306 e. The van der Waals surface area contributed by atoms with Crippen molar-refractivity contribution in [2.45, 2.75) is 316 Å².